The van der Waals surface area contributed by atoms with Crippen molar-refractivity contribution in [1.29, 1.82) is 0 Å². The second kappa shape index (κ2) is 5.30. The molecule has 0 N–H and O–H groups in total. The SMILES string of the molecule is O=C(/C=C/c1cccc(Br)c1)N1CCCC1. The third kappa shape index (κ3) is 2.95. The van der Waals surface area contributed by atoms with Gasteiger partial charge in [0.05, 0.1) is 0 Å². The van der Waals surface area contributed by atoms with Crippen molar-refractivity contribution in [1.82, 2.24) is 4.90 Å². The molecule has 0 aliphatic carbocycles. The lowest BCUT2D eigenvalue weighted by atomic mass is 10.2. The molecule has 0 unspecified atom stereocenters. The van der Waals surface area contributed by atoms with E-state index < -0.39 is 0 Å². The maximum absolute atomic E-state index is 11.7. The third-order valence-electron chi connectivity index (χ3n) is 2.68. The van der Waals surface area contributed by atoms with Crippen molar-refractivity contribution in [2.24, 2.45) is 0 Å². The zero-order chi connectivity index (χ0) is 11.4. The van der Waals surface area contributed by atoms with E-state index in [9.17, 15) is 4.79 Å². The smallest absolute Gasteiger partial charge is 0.246 e. The second-order valence-corrected chi connectivity index (χ2v) is 4.84. The van der Waals surface area contributed by atoms with Crippen LogP contribution in [0.3, 0.4) is 0 Å². The van der Waals surface area contributed by atoms with Crippen molar-refractivity contribution in [2.45, 2.75) is 12.8 Å². The molecule has 1 fully saturated rings. The summed E-state index contributed by atoms with van der Waals surface area (Å²) in [7, 11) is 0. The highest BCUT2D eigenvalue weighted by molar-refractivity contribution is 9.10. The molecule has 16 heavy (non-hydrogen) atoms. The van der Waals surface area contributed by atoms with Gasteiger partial charge in [-0.1, -0.05) is 28.1 Å². The van der Waals surface area contributed by atoms with E-state index in [0.29, 0.717) is 0 Å². The predicted octanol–water partition coefficient (Wildman–Crippen LogP) is 3.08. The Hall–Kier alpha value is -1.09. The van der Waals surface area contributed by atoms with Crippen molar-refractivity contribution in [3.8, 4) is 0 Å². The number of halogens is 1. The Kier molecular flexibility index (Phi) is 3.78. The van der Waals surface area contributed by atoms with Crippen LogP contribution in [0.15, 0.2) is 34.8 Å². The van der Waals surface area contributed by atoms with Crippen molar-refractivity contribution in [3.05, 3.63) is 40.4 Å². The van der Waals surface area contributed by atoms with Crippen molar-refractivity contribution >= 4 is 27.9 Å². The largest absolute Gasteiger partial charge is 0.339 e. The van der Waals surface area contributed by atoms with Crippen LogP contribution in [-0.2, 0) is 4.79 Å². The Labute approximate surface area is 104 Å². The van der Waals surface area contributed by atoms with Crippen LogP contribution >= 0.6 is 15.9 Å². The predicted molar refractivity (Wildman–Crippen MR) is 69.0 cm³/mol. The fourth-order valence-corrected chi connectivity index (χ4v) is 2.24. The van der Waals surface area contributed by atoms with Crippen LogP contribution in [0.25, 0.3) is 6.08 Å². The van der Waals surface area contributed by atoms with E-state index in [0.717, 1.165) is 36.0 Å². The van der Waals surface area contributed by atoms with Crippen LogP contribution in [0.5, 0.6) is 0 Å². The minimum atomic E-state index is 0.123. The molecular formula is C13H14BrNO. The standard InChI is InChI=1S/C13H14BrNO/c14-12-5-3-4-11(10-12)6-7-13(16)15-8-1-2-9-15/h3-7,10H,1-2,8-9H2/b7-6+. The topological polar surface area (TPSA) is 20.3 Å². The highest BCUT2D eigenvalue weighted by atomic mass is 79.9. The first-order valence-electron chi connectivity index (χ1n) is 5.48. The lowest BCUT2D eigenvalue weighted by Crippen LogP contribution is -2.25. The quantitative estimate of drug-likeness (QED) is 0.762. The first-order chi connectivity index (χ1) is 7.75. The number of carbonyl (C=O) groups is 1. The molecule has 0 aromatic heterocycles. The molecular weight excluding hydrogens is 266 g/mol. The highest BCUT2D eigenvalue weighted by Crippen LogP contribution is 2.13. The second-order valence-electron chi connectivity index (χ2n) is 3.92. The van der Waals surface area contributed by atoms with Gasteiger partial charge in [0.1, 0.15) is 0 Å². The molecule has 0 saturated carbocycles. The summed E-state index contributed by atoms with van der Waals surface area (Å²) >= 11 is 3.41. The summed E-state index contributed by atoms with van der Waals surface area (Å²) < 4.78 is 1.03. The number of rotatable bonds is 2. The van der Waals surface area contributed by atoms with E-state index in [2.05, 4.69) is 15.9 Å². The van der Waals surface area contributed by atoms with Gasteiger partial charge < -0.3 is 4.90 Å². The van der Waals surface area contributed by atoms with Crippen LogP contribution < -0.4 is 0 Å². The van der Waals surface area contributed by atoms with E-state index in [1.165, 1.54) is 0 Å². The Bertz CT molecular complexity index is 408. The number of likely N-dealkylation sites (tertiary alicyclic amines) is 1. The molecule has 2 nitrogen and oxygen atoms in total. The van der Waals surface area contributed by atoms with E-state index in [4.69, 9.17) is 0 Å². The summed E-state index contributed by atoms with van der Waals surface area (Å²) in [6.07, 6.45) is 5.80. The summed E-state index contributed by atoms with van der Waals surface area (Å²) in [5.74, 6) is 0.123. The van der Waals surface area contributed by atoms with Gasteiger partial charge in [0, 0.05) is 23.6 Å². The van der Waals surface area contributed by atoms with Gasteiger partial charge in [0.25, 0.3) is 0 Å². The van der Waals surface area contributed by atoms with Gasteiger partial charge in [0.2, 0.25) is 5.91 Å². The molecule has 0 atom stereocenters. The number of benzene rings is 1. The molecule has 3 heteroatoms. The molecule has 1 amide bonds. The van der Waals surface area contributed by atoms with Gasteiger partial charge in [-0.05, 0) is 36.6 Å². The van der Waals surface area contributed by atoms with E-state index in [1.54, 1.807) is 6.08 Å². The average Bonchev–Trinajstić information content (AvgIpc) is 2.79. The first kappa shape index (κ1) is 11.4. The summed E-state index contributed by atoms with van der Waals surface area (Å²) in [4.78, 5) is 13.6. The van der Waals surface area contributed by atoms with Crippen molar-refractivity contribution < 1.29 is 4.79 Å². The molecule has 84 valence electrons. The lowest BCUT2D eigenvalue weighted by molar-refractivity contribution is -0.124. The van der Waals surface area contributed by atoms with E-state index in [-0.39, 0.29) is 5.91 Å². The average molecular weight is 280 g/mol. The number of nitrogens with zero attached hydrogens (tertiary/aromatic N) is 1. The first-order valence-corrected chi connectivity index (χ1v) is 6.27. The number of carbonyl (C=O) groups excluding carboxylic acids is 1. The Morgan fingerprint density at radius 2 is 2.06 bits per heavy atom. The molecule has 1 aromatic rings. The lowest BCUT2D eigenvalue weighted by Gasteiger charge is -2.11. The van der Waals surface area contributed by atoms with Crippen LogP contribution in [0, 0.1) is 0 Å². The van der Waals surface area contributed by atoms with Gasteiger partial charge in [-0.2, -0.15) is 0 Å². The summed E-state index contributed by atoms with van der Waals surface area (Å²) in [6.45, 7) is 1.81. The van der Waals surface area contributed by atoms with Gasteiger partial charge in [0.15, 0.2) is 0 Å². The Morgan fingerprint density at radius 1 is 1.31 bits per heavy atom. The number of amides is 1. The normalized spacial score (nSPS) is 15.9. The minimum absolute atomic E-state index is 0.123. The molecule has 1 aliphatic rings. The molecule has 1 saturated heterocycles. The molecule has 0 spiro atoms. The van der Waals surface area contributed by atoms with Crippen molar-refractivity contribution in [2.75, 3.05) is 13.1 Å². The summed E-state index contributed by atoms with van der Waals surface area (Å²) in [6, 6.07) is 7.91. The van der Waals surface area contributed by atoms with Gasteiger partial charge in [-0.3, -0.25) is 4.79 Å². The van der Waals surface area contributed by atoms with Crippen LogP contribution in [0.4, 0.5) is 0 Å². The van der Waals surface area contributed by atoms with E-state index >= 15 is 0 Å². The summed E-state index contributed by atoms with van der Waals surface area (Å²) in [5.41, 5.74) is 1.04. The highest BCUT2D eigenvalue weighted by Gasteiger charge is 2.14. The molecule has 0 radical (unpaired) electrons. The number of hydrogen-bond acceptors (Lipinski definition) is 1. The maximum atomic E-state index is 11.7. The number of hydrogen-bond donors (Lipinski definition) is 0. The maximum Gasteiger partial charge on any atom is 0.246 e. The zero-order valence-electron chi connectivity index (χ0n) is 9.03. The fourth-order valence-electron chi connectivity index (χ4n) is 1.82. The molecule has 1 heterocycles. The van der Waals surface area contributed by atoms with E-state index in [1.807, 2.05) is 35.2 Å². The van der Waals surface area contributed by atoms with Crippen LogP contribution in [0.1, 0.15) is 18.4 Å². The van der Waals surface area contributed by atoms with Gasteiger partial charge in [-0.25, -0.2) is 0 Å². The summed E-state index contributed by atoms with van der Waals surface area (Å²) in [5, 5.41) is 0. The zero-order valence-corrected chi connectivity index (χ0v) is 10.6. The van der Waals surface area contributed by atoms with Crippen molar-refractivity contribution in [3.63, 3.8) is 0 Å². The molecule has 1 aliphatic heterocycles. The monoisotopic (exact) mass is 279 g/mol. The Morgan fingerprint density at radius 3 is 2.75 bits per heavy atom. The fraction of sp³-hybridized carbons (Fsp3) is 0.308. The molecule has 2 rings (SSSR count). The van der Waals surface area contributed by atoms with Crippen LogP contribution in [-0.4, -0.2) is 23.9 Å². The molecule has 1 aromatic carbocycles. The van der Waals surface area contributed by atoms with Crippen LogP contribution in [0.2, 0.25) is 0 Å². The van der Waals surface area contributed by atoms with Gasteiger partial charge in [-0.15, -0.1) is 0 Å². The Balaban J connectivity index is 2.00. The molecule has 0 bridgehead atoms. The minimum Gasteiger partial charge on any atom is -0.339 e. The van der Waals surface area contributed by atoms with Gasteiger partial charge >= 0.3 is 0 Å². The third-order valence-corrected chi connectivity index (χ3v) is 3.18.